The fraction of sp³-hybridized carbons (Fsp3) is 0.588. The summed E-state index contributed by atoms with van der Waals surface area (Å²) in [6, 6.07) is 7.91. The van der Waals surface area contributed by atoms with E-state index in [-0.39, 0.29) is 12.5 Å². The lowest BCUT2D eigenvalue weighted by Crippen LogP contribution is -2.42. The molecule has 1 fully saturated rings. The molecule has 1 aromatic rings. The van der Waals surface area contributed by atoms with Crippen LogP contribution in [0.3, 0.4) is 0 Å². The average molecular weight is 290 g/mol. The molecule has 0 aromatic heterocycles. The van der Waals surface area contributed by atoms with Gasteiger partial charge < -0.3 is 15.3 Å². The van der Waals surface area contributed by atoms with Gasteiger partial charge in [-0.05, 0) is 49.3 Å². The summed E-state index contributed by atoms with van der Waals surface area (Å²) in [4.78, 5) is 14.2. The van der Waals surface area contributed by atoms with Crippen LogP contribution in [0.4, 0.5) is 5.69 Å². The first kappa shape index (κ1) is 15.8. The fourth-order valence-electron chi connectivity index (χ4n) is 2.92. The van der Waals surface area contributed by atoms with Crippen molar-refractivity contribution in [2.24, 2.45) is 5.92 Å². The number of hydrogen-bond acceptors (Lipinski definition) is 3. The first-order valence-corrected chi connectivity index (χ1v) is 7.79. The quantitative estimate of drug-likeness (QED) is 0.876. The minimum atomic E-state index is 0.0175. The number of aliphatic hydroxyl groups excluding tert-OH is 1. The van der Waals surface area contributed by atoms with Crippen molar-refractivity contribution in [1.29, 1.82) is 0 Å². The van der Waals surface area contributed by atoms with Gasteiger partial charge in [0.15, 0.2) is 0 Å². The van der Waals surface area contributed by atoms with Gasteiger partial charge in [0.2, 0.25) is 5.91 Å². The van der Waals surface area contributed by atoms with Gasteiger partial charge in [-0.15, -0.1) is 0 Å². The zero-order chi connectivity index (χ0) is 15.2. The molecule has 0 saturated heterocycles. The molecule has 2 N–H and O–H groups in total. The van der Waals surface area contributed by atoms with E-state index in [0.717, 1.165) is 30.0 Å². The molecule has 1 aliphatic rings. The number of nitrogens with one attached hydrogen (secondary N) is 1. The monoisotopic (exact) mass is 290 g/mol. The van der Waals surface area contributed by atoms with E-state index in [2.05, 4.69) is 12.2 Å². The minimum absolute atomic E-state index is 0.0175. The number of carbonyl (C=O) groups excluding carboxylic acids is 1. The van der Waals surface area contributed by atoms with Crippen molar-refractivity contribution in [3.05, 3.63) is 29.8 Å². The first-order chi connectivity index (χ1) is 10.1. The highest BCUT2D eigenvalue weighted by Crippen LogP contribution is 2.26. The van der Waals surface area contributed by atoms with Crippen LogP contribution in [0.2, 0.25) is 0 Å². The number of amides is 1. The molecule has 0 atom stereocenters. The third-order valence-corrected chi connectivity index (χ3v) is 4.48. The van der Waals surface area contributed by atoms with Gasteiger partial charge in [-0.2, -0.15) is 0 Å². The largest absolute Gasteiger partial charge is 0.392 e. The van der Waals surface area contributed by atoms with Crippen molar-refractivity contribution in [1.82, 2.24) is 4.90 Å². The van der Waals surface area contributed by atoms with E-state index in [0.29, 0.717) is 12.6 Å². The van der Waals surface area contributed by atoms with Gasteiger partial charge in [-0.3, -0.25) is 4.79 Å². The van der Waals surface area contributed by atoms with Crippen molar-refractivity contribution >= 4 is 11.6 Å². The fourth-order valence-corrected chi connectivity index (χ4v) is 2.92. The van der Waals surface area contributed by atoms with E-state index >= 15 is 0 Å². The van der Waals surface area contributed by atoms with Gasteiger partial charge in [0.1, 0.15) is 0 Å². The summed E-state index contributed by atoms with van der Waals surface area (Å²) in [5.74, 6) is 0.924. The molecule has 2 rings (SSSR count). The number of likely N-dealkylation sites (N-methyl/N-ethyl adjacent to an activating group) is 1. The van der Waals surface area contributed by atoms with Crippen LogP contribution in [-0.4, -0.2) is 35.5 Å². The molecule has 0 spiro atoms. The summed E-state index contributed by atoms with van der Waals surface area (Å²) < 4.78 is 0. The number of anilines is 1. The Bertz CT molecular complexity index is 468. The number of hydrogen-bond donors (Lipinski definition) is 2. The highest BCUT2D eigenvalue weighted by atomic mass is 16.3. The zero-order valence-corrected chi connectivity index (χ0v) is 13.0. The molecule has 116 valence electrons. The van der Waals surface area contributed by atoms with Crippen LogP contribution in [0.25, 0.3) is 0 Å². The normalized spacial score (nSPS) is 21.9. The van der Waals surface area contributed by atoms with E-state index in [1.165, 1.54) is 12.8 Å². The highest BCUT2D eigenvalue weighted by Gasteiger charge is 2.24. The molecule has 0 aliphatic heterocycles. The Labute approximate surface area is 127 Å². The topological polar surface area (TPSA) is 52.6 Å². The van der Waals surface area contributed by atoms with E-state index < -0.39 is 0 Å². The second kappa shape index (κ2) is 7.46. The Kier molecular flexibility index (Phi) is 5.62. The van der Waals surface area contributed by atoms with Gasteiger partial charge in [0.25, 0.3) is 0 Å². The zero-order valence-electron chi connectivity index (χ0n) is 13.0. The molecular formula is C17H26N2O2. The smallest absolute Gasteiger partial charge is 0.241 e. The summed E-state index contributed by atoms with van der Waals surface area (Å²) in [5, 5.41) is 12.3. The maximum atomic E-state index is 12.3. The Morgan fingerprint density at radius 3 is 2.71 bits per heavy atom. The van der Waals surface area contributed by atoms with E-state index in [1.807, 2.05) is 36.2 Å². The van der Waals surface area contributed by atoms with Crippen molar-refractivity contribution in [2.45, 2.75) is 45.3 Å². The van der Waals surface area contributed by atoms with E-state index in [9.17, 15) is 4.79 Å². The van der Waals surface area contributed by atoms with Gasteiger partial charge in [0.05, 0.1) is 13.2 Å². The molecule has 0 unspecified atom stereocenters. The van der Waals surface area contributed by atoms with Crippen molar-refractivity contribution in [3.8, 4) is 0 Å². The Balaban J connectivity index is 1.83. The number of benzene rings is 1. The van der Waals surface area contributed by atoms with Gasteiger partial charge in [0, 0.05) is 18.8 Å². The average Bonchev–Trinajstić information content (AvgIpc) is 2.53. The molecular weight excluding hydrogens is 264 g/mol. The number of nitrogens with zero attached hydrogens (tertiary/aromatic N) is 1. The summed E-state index contributed by atoms with van der Waals surface area (Å²) in [6.45, 7) is 2.61. The molecule has 4 heteroatoms. The predicted molar refractivity (Wildman–Crippen MR) is 85.0 cm³/mol. The highest BCUT2D eigenvalue weighted by molar-refractivity contribution is 5.81. The van der Waals surface area contributed by atoms with Crippen LogP contribution in [0.1, 0.15) is 38.2 Å². The predicted octanol–water partition coefficient (Wildman–Crippen LogP) is 2.63. The van der Waals surface area contributed by atoms with Crippen LogP contribution in [0, 0.1) is 5.92 Å². The Morgan fingerprint density at radius 2 is 2.05 bits per heavy atom. The van der Waals surface area contributed by atoms with Crippen LogP contribution < -0.4 is 5.32 Å². The molecule has 4 nitrogen and oxygen atoms in total. The SMILES string of the molecule is CC1CCC(N(C)C(=O)CNc2cccc(CO)c2)CC1. The minimum Gasteiger partial charge on any atom is -0.392 e. The molecule has 1 aromatic carbocycles. The van der Waals surface area contributed by atoms with E-state index in [1.54, 1.807) is 0 Å². The molecule has 0 heterocycles. The van der Waals surface area contributed by atoms with E-state index in [4.69, 9.17) is 5.11 Å². The van der Waals surface area contributed by atoms with Crippen molar-refractivity contribution < 1.29 is 9.90 Å². The van der Waals surface area contributed by atoms with Crippen LogP contribution >= 0.6 is 0 Å². The lowest BCUT2D eigenvalue weighted by molar-refractivity contribution is -0.130. The van der Waals surface area contributed by atoms with Crippen molar-refractivity contribution in [3.63, 3.8) is 0 Å². The first-order valence-electron chi connectivity index (χ1n) is 7.79. The molecule has 0 radical (unpaired) electrons. The molecule has 0 bridgehead atoms. The van der Waals surface area contributed by atoms with Gasteiger partial charge >= 0.3 is 0 Å². The maximum absolute atomic E-state index is 12.3. The summed E-state index contributed by atoms with van der Waals surface area (Å²) in [5.41, 5.74) is 1.72. The standard InChI is InChI=1S/C17H26N2O2/c1-13-6-8-16(9-7-13)19(2)17(21)11-18-15-5-3-4-14(10-15)12-20/h3-5,10,13,16,18,20H,6-9,11-12H2,1-2H3. The Morgan fingerprint density at radius 1 is 1.33 bits per heavy atom. The lowest BCUT2D eigenvalue weighted by atomic mass is 9.87. The summed E-state index contributed by atoms with van der Waals surface area (Å²) >= 11 is 0. The number of rotatable bonds is 5. The lowest BCUT2D eigenvalue weighted by Gasteiger charge is -2.33. The second-order valence-electron chi connectivity index (χ2n) is 6.13. The van der Waals surface area contributed by atoms with Crippen LogP contribution in [0.5, 0.6) is 0 Å². The van der Waals surface area contributed by atoms with Crippen LogP contribution in [0.15, 0.2) is 24.3 Å². The second-order valence-corrected chi connectivity index (χ2v) is 6.13. The number of aliphatic hydroxyl groups is 1. The Hall–Kier alpha value is -1.55. The third kappa shape index (κ3) is 4.46. The third-order valence-electron chi connectivity index (χ3n) is 4.48. The van der Waals surface area contributed by atoms with Gasteiger partial charge in [-0.25, -0.2) is 0 Å². The molecule has 1 amide bonds. The van der Waals surface area contributed by atoms with Gasteiger partial charge in [-0.1, -0.05) is 19.1 Å². The molecule has 1 aliphatic carbocycles. The maximum Gasteiger partial charge on any atom is 0.241 e. The van der Waals surface area contributed by atoms with Crippen molar-refractivity contribution in [2.75, 3.05) is 18.9 Å². The summed E-state index contributed by atoms with van der Waals surface area (Å²) in [7, 11) is 1.91. The summed E-state index contributed by atoms with van der Waals surface area (Å²) in [6.07, 6.45) is 4.66. The number of carbonyl (C=O) groups is 1. The molecule has 1 saturated carbocycles. The van der Waals surface area contributed by atoms with Crippen LogP contribution in [-0.2, 0) is 11.4 Å². The molecule has 21 heavy (non-hydrogen) atoms.